The fourth-order valence-corrected chi connectivity index (χ4v) is 1.72. The van der Waals surface area contributed by atoms with Crippen LogP contribution in [0, 0.1) is 0 Å². The van der Waals surface area contributed by atoms with Gasteiger partial charge in [0, 0.05) is 6.42 Å². The maximum atomic E-state index is 10.5. The molecule has 1 aromatic rings. The molecule has 1 N–H and O–H groups in total. The number of aliphatic carboxylic acids is 1. The van der Waals surface area contributed by atoms with Crippen molar-refractivity contribution in [2.24, 2.45) is 0 Å². The second-order valence-corrected chi connectivity index (χ2v) is 4.13. The zero-order valence-corrected chi connectivity index (χ0v) is 9.59. The first-order chi connectivity index (χ1) is 8.25. The third-order valence-corrected chi connectivity index (χ3v) is 2.71. The van der Waals surface area contributed by atoms with Gasteiger partial charge in [0.2, 0.25) is 0 Å². The highest BCUT2D eigenvalue weighted by atomic mass is 16.6. The van der Waals surface area contributed by atoms with Gasteiger partial charge in [0.25, 0.3) is 0 Å². The van der Waals surface area contributed by atoms with Gasteiger partial charge in [-0.3, -0.25) is 4.79 Å². The van der Waals surface area contributed by atoms with Crippen LogP contribution in [-0.2, 0) is 16.0 Å². The fraction of sp³-hybridized carbons (Fsp3) is 0.462. The van der Waals surface area contributed by atoms with Crippen LogP contribution in [0.3, 0.4) is 0 Å². The zero-order valence-electron chi connectivity index (χ0n) is 9.59. The van der Waals surface area contributed by atoms with Crippen molar-refractivity contribution >= 4 is 5.97 Å². The molecule has 0 unspecified atom stereocenters. The van der Waals surface area contributed by atoms with Gasteiger partial charge in [0.1, 0.15) is 11.9 Å². The Morgan fingerprint density at radius 3 is 2.82 bits per heavy atom. The first-order valence-electron chi connectivity index (χ1n) is 5.80. The Hall–Kier alpha value is -1.55. The van der Waals surface area contributed by atoms with Crippen molar-refractivity contribution in [3.63, 3.8) is 0 Å². The number of carboxylic acids is 1. The highest BCUT2D eigenvalue weighted by molar-refractivity contribution is 5.66. The van der Waals surface area contributed by atoms with Crippen LogP contribution in [0.1, 0.15) is 18.4 Å². The molecule has 4 nitrogen and oxygen atoms in total. The molecule has 0 atom stereocenters. The molecule has 0 radical (unpaired) electrons. The van der Waals surface area contributed by atoms with Gasteiger partial charge in [-0.25, -0.2) is 0 Å². The molecule has 0 spiro atoms. The Balaban J connectivity index is 1.92. The fourth-order valence-electron chi connectivity index (χ4n) is 1.72. The second kappa shape index (κ2) is 5.68. The van der Waals surface area contributed by atoms with E-state index < -0.39 is 5.97 Å². The van der Waals surface area contributed by atoms with Crippen molar-refractivity contribution in [1.29, 1.82) is 0 Å². The highest BCUT2D eigenvalue weighted by Gasteiger charge is 2.20. The molecule has 92 valence electrons. The van der Waals surface area contributed by atoms with Crippen molar-refractivity contribution in [2.45, 2.75) is 25.4 Å². The Morgan fingerprint density at radius 2 is 2.18 bits per heavy atom. The summed E-state index contributed by atoms with van der Waals surface area (Å²) in [6.07, 6.45) is 1.71. The monoisotopic (exact) mass is 236 g/mol. The largest absolute Gasteiger partial charge is 0.485 e. The molecule has 0 amide bonds. The topological polar surface area (TPSA) is 55.8 Å². The standard InChI is InChI=1S/C13H16O4/c14-13(15)7-3-5-10-4-1-2-6-12(10)17-11-8-16-9-11/h1-2,4,6,11H,3,5,7-9H2,(H,14,15). The Bertz CT molecular complexity index is 385. The van der Waals surface area contributed by atoms with Crippen molar-refractivity contribution in [3.05, 3.63) is 29.8 Å². The van der Waals surface area contributed by atoms with Crippen LogP contribution in [0.15, 0.2) is 24.3 Å². The van der Waals surface area contributed by atoms with Gasteiger partial charge in [-0.1, -0.05) is 18.2 Å². The van der Waals surface area contributed by atoms with Crippen LogP contribution in [0.2, 0.25) is 0 Å². The molecular weight excluding hydrogens is 220 g/mol. The van der Waals surface area contributed by atoms with E-state index in [9.17, 15) is 4.79 Å². The van der Waals surface area contributed by atoms with Crippen LogP contribution in [-0.4, -0.2) is 30.4 Å². The predicted octanol–water partition coefficient (Wildman–Crippen LogP) is 1.87. The third kappa shape index (κ3) is 3.46. The third-order valence-electron chi connectivity index (χ3n) is 2.71. The molecule has 1 aromatic carbocycles. The molecule has 2 rings (SSSR count). The van der Waals surface area contributed by atoms with Crippen LogP contribution >= 0.6 is 0 Å². The number of ether oxygens (including phenoxy) is 2. The van der Waals surface area contributed by atoms with E-state index in [1.165, 1.54) is 0 Å². The molecule has 0 aromatic heterocycles. The predicted molar refractivity (Wildman–Crippen MR) is 62.3 cm³/mol. The molecular formula is C13H16O4. The summed E-state index contributed by atoms with van der Waals surface area (Å²) in [6, 6.07) is 7.78. The average molecular weight is 236 g/mol. The van der Waals surface area contributed by atoms with Gasteiger partial charge in [0.15, 0.2) is 0 Å². The van der Waals surface area contributed by atoms with Crippen LogP contribution < -0.4 is 4.74 Å². The summed E-state index contributed by atoms with van der Waals surface area (Å²) in [7, 11) is 0. The summed E-state index contributed by atoms with van der Waals surface area (Å²) >= 11 is 0. The Labute approximate surface area is 100 Å². The van der Waals surface area contributed by atoms with Crippen molar-refractivity contribution < 1.29 is 19.4 Å². The van der Waals surface area contributed by atoms with E-state index in [2.05, 4.69) is 0 Å². The zero-order chi connectivity index (χ0) is 12.1. The smallest absolute Gasteiger partial charge is 0.303 e. The lowest BCUT2D eigenvalue weighted by Crippen LogP contribution is -2.38. The maximum absolute atomic E-state index is 10.5. The number of hydrogen-bond donors (Lipinski definition) is 1. The van der Waals surface area contributed by atoms with Crippen molar-refractivity contribution in [3.8, 4) is 5.75 Å². The number of rotatable bonds is 6. The summed E-state index contributed by atoms with van der Waals surface area (Å²) in [5.74, 6) is 0.0991. The Morgan fingerprint density at radius 1 is 1.41 bits per heavy atom. The van der Waals surface area contributed by atoms with E-state index >= 15 is 0 Å². The van der Waals surface area contributed by atoms with Crippen LogP contribution in [0.5, 0.6) is 5.75 Å². The molecule has 0 saturated carbocycles. The highest BCUT2D eigenvalue weighted by Crippen LogP contribution is 2.23. The molecule has 17 heavy (non-hydrogen) atoms. The quantitative estimate of drug-likeness (QED) is 0.819. The van der Waals surface area contributed by atoms with Crippen LogP contribution in [0.4, 0.5) is 0 Å². The van der Waals surface area contributed by atoms with Gasteiger partial charge in [-0.15, -0.1) is 0 Å². The van der Waals surface area contributed by atoms with E-state index in [4.69, 9.17) is 14.6 Å². The van der Waals surface area contributed by atoms with Crippen LogP contribution in [0.25, 0.3) is 0 Å². The number of benzene rings is 1. The molecule has 4 heteroatoms. The summed E-state index contributed by atoms with van der Waals surface area (Å²) in [5, 5.41) is 8.61. The van der Waals surface area contributed by atoms with Crippen molar-refractivity contribution in [2.75, 3.05) is 13.2 Å². The Kier molecular flexibility index (Phi) is 3.98. The maximum Gasteiger partial charge on any atom is 0.303 e. The number of hydrogen-bond acceptors (Lipinski definition) is 3. The molecule has 1 fully saturated rings. The van der Waals surface area contributed by atoms with E-state index in [1.807, 2.05) is 24.3 Å². The lowest BCUT2D eigenvalue weighted by molar-refractivity contribution is -0.137. The molecule has 0 bridgehead atoms. The molecule has 0 aliphatic carbocycles. The van der Waals surface area contributed by atoms with E-state index in [0.29, 0.717) is 19.6 Å². The SMILES string of the molecule is O=C(O)CCCc1ccccc1OC1COC1. The molecule has 1 aliphatic rings. The minimum absolute atomic E-state index is 0.149. The van der Waals surface area contributed by atoms with E-state index in [-0.39, 0.29) is 12.5 Å². The summed E-state index contributed by atoms with van der Waals surface area (Å²) < 4.78 is 10.8. The lowest BCUT2D eigenvalue weighted by atomic mass is 10.1. The second-order valence-electron chi connectivity index (χ2n) is 4.13. The molecule has 1 heterocycles. The normalized spacial score (nSPS) is 15.3. The lowest BCUT2D eigenvalue weighted by Gasteiger charge is -2.27. The first-order valence-corrected chi connectivity index (χ1v) is 5.80. The number of carbonyl (C=O) groups is 1. The molecule has 1 saturated heterocycles. The van der Waals surface area contributed by atoms with Gasteiger partial charge >= 0.3 is 5.97 Å². The van der Waals surface area contributed by atoms with E-state index in [1.54, 1.807) is 0 Å². The summed E-state index contributed by atoms with van der Waals surface area (Å²) in [6.45, 7) is 1.28. The number of carboxylic acid groups (broad SMARTS) is 1. The summed E-state index contributed by atoms with van der Waals surface area (Å²) in [5.41, 5.74) is 1.07. The molecule has 1 aliphatic heterocycles. The number of aryl methyl sites for hydroxylation is 1. The van der Waals surface area contributed by atoms with E-state index in [0.717, 1.165) is 17.7 Å². The minimum atomic E-state index is -0.754. The minimum Gasteiger partial charge on any atom is -0.485 e. The van der Waals surface area contributed by atoms with Gasteiger partial charge in [0.05, 0.1) is 13.2 Å². The van der Waals surface area contributed by atoms with Gasteiger partial charge in [-0.05, 0) is 24.5 Å². The number of para-hydroxylation sites is 1. The van der Waals surface area contributed by atoms with Gasteiger partial charge < -0.3 is 14.6 Å². The first kappa shape index (κ1) is 11.9. The average Bonchev–Trinajstić information content (AvgIpc) is 2.25. The van der Waals surface area contributed by atoms with Crippen molar-refractivity contribution in [1.82, 2.24) is 0 Å². The summed E-state index contributed by atoms with van der Waals surface area (Å²) in [4.78, 5) is 10.5. The van der Waals surface area contributed by atoms with Gasteiger partial charge in [-0.2, -0.15) is 0 Å².